The summed E-state index contributed by atoms with van der Waals surface area (Å²) in [7, 11) is 0. The smallest absolute Gasteiger partial charge is 0.237 e. The van der Waals surface area contributed by atoms with Crippen LogP contribution in [0.15, 0.2) is 24.3 Å². The normalized spacial score (nSPS) is 25.7. The molecule has 138 valence electrons. The molecule has 0 aromatic heterocycles. The van der Waals surface area contributed by atoms with E-state index in [9.17, 15) is 9.18 Å². The van der Waals surface area contributed by atoms with Gasteiger partial charge in [0.2, 0.25) is 5.91 Å². The fraction of sp³-hybridized carbons (Fsp3) is 0.650. The topological polar surface area (TPSA) is 44.4 Å². The van der Waals surface area contributed by atoms with Crippen LogP contribution in [0.1, 0.15) is 44.1 Å². The Kier molecular flexibility index (Phi) is 6.43. The first-order valence-corrected chi connectivity index (χ1v) is 9.60. The van der Waals surface area contributed by atoms with Gasteiger partial charge in [0, 0.05) is 19.6 Å². The van der Waals surface area contributed by atoms with Crippen LogP contribution in [0.5, 0.6) is 0 Å². The van der Waals surface area contributed by atoms with E-state index in [1.807, 2.05) is 12.1 Å². The summed E-state index contributed by atoms with van der Waals surface area (Å²) in [6, 6.07) is 6.86. The molecule has 1 amide bonds. The van der Waals surface area contributed by atoms with Crippen molar-refractivity contribution >= 4 is 5.91 Å². The molecule has 0 bridgehead atoms. The van der Waals surface area contributed by atoms with Crippen molar-refractivity contribution in [3.05, 3.63) is 35.6 Å². The first kappa shape index (κ1) is 18.3. The van der Waals surface area contributed by atoms with Gasteiger partial charge in [-0.05, 0) is 68.3 Å². The van der Waals surface area contributed by atoms with Crippen molar-refractivity contribution in [1.82, 2.24) is 15.5 Å². The molecule has 1 aromatic rings. The van der Waals surface area contributed by atoms with Gasteiger partial charge >= 0.3 is 0 Å². The highest BCUT2D eigenvalue weighted by Gasteiger charge is 2.25. The third-order valence-electron chi connectivity index (χ3n) is 5.52. The SMILES string of the molecule is CC(CN1CCCC(CNC(=O)C2CCCN2)C1)c1ccc(F)cc1. The standard InChI is InChI=1S/C20H30FN3O/c1-15(17-6-8-18(21)9-7-17)13-24-11-3-4-16(14-24)12-23-20(25)19-5-2-10-22-19/h6-9,15-16,19,22H,2-5,10-14H2,1H3,(H,23,25). The van der Waals surface area contributed by atoms with Crippen LogP contribution in [0.25, 0.3) is 0 Å². The number of benzene rings is 1. The lowest BCUT2D eigenvalue weighted by Crippen LogP contribution is -2.46. The third kappa shape index (κ3) is 5.25. The molecule has 5 heteroatoms. The van der Waals surface area contributed by atoms with Gasteiger partial charge in [0.05, 0.1) is 6.04 Å². The zero-order chi connectivity index (χ0) is 17.6. The summed E-state index contributed by atoms with van der Waals surface area (Å²) >= 11 is 0. The molecule has 0 saturated carbocycles. The Labute approximate surface area is 150 Å². The quantitative estimate of drug-likeness (QED) is 0.831. The zero-order valence-corrected chi connectivity index (χ0v) is 15.1. The number of piperidine rings is 1. The molecule has 3 unspecified atom stereocenters. The Hall–Kier alpha value is -1.46. The molecule has 3 atom stereocenters. The predicted molar refractivity (Wildman–Crippen MR) is 98.0 cm³/mol. The largest absolute Gasteiger partial charge is 0.354 e. The van der Waals surface area contributed by atoms with Crippen LogP contribution >= 0.6 is 0 Å². The first-order valence-electron chi connectivity index (χ1n) is 9.60. The molecule has 25 heavy (non-hydrogen) atoms. The summed E-state index contributed by atoms with van der Waals surface area (Å²) < 4.78 is 13.1. The maximum absolute atomic E-state index is 13.1. The molecule has 4 nitrogen and oxygen atoms in total. The van der Waals surface area contributed by atoms with Crippen LogP contribution in [0, 0.1) is 11.7 Å². The lowest BCUT2D eigenvalue weighted by atomic mass is 9.95. The van der Waals surface area contributed by atoms with Crippen LogP contribution in [0.3, 0.4) is 0 Å². The van der Waals surface area contributed by atoms with Gasteiger partial charge in [0.1, 0.15) is 5.82 Å². The fourth-order valence-corrected chi connectivity index (χ4v) is 4.04. The molecule has 2 aliphatic heterocycles. The van der Waals surface area contributed by atoms with E-state index in [1.54, 1.807) is 0 Å². The van der Waals surface area contributed by atoms with Crippen molar-refractivity contribution in [3.63, 3.8) is 0 Å². The number of amides is 1. The van der Waals surface area contributed by atoms with Gasteiger partial charge in [-0.2, -0.15) is 0 Å². The average Bonchev–Trinajstić information content (AvgIpc) is 3.15. The minimum atomic E-state index is -0.179. The minimum absolute atomic E-state index is 0.0122. The third-order valence-corrected chi connectivity index (χ3v) is 5.52. The average molecular weight is 347 g/mol. The summed E-state index contributed by atoms with van der Waals surface area (Å²) in [4.78, 5) is 14.6. The van der Waals surface area contributed by atoms with E-state index in [4.69, 9.17) is 0 Å². The number of hydrogen-bond donors (Lipinski definition) is 2. The van der Waals surface area contributed by atoms with E-state index in [0.717, 1.165) is 45.6 Å². The van der Waals surface area contributed by atoms with E-state index in [-0.39, 0.29) is 17.8 Å². The van der Waals surface area contributed by atoms with Crippen molar-refractivity contribution in [2.75, 3.05) is 32.7 Å². The van der Waals surface area contributed by atoms with Crippen molar-refractivity contribution in [1.29, 1.82) is 0 Å². The molecule has 2 aliphatic rings. The first-order chi connectivity index (χ1) is 12.1. The van der Waals surface area contributed by atoms with Gasteiger partial charge in [0.25, 0.3) is 0 Å². The van der Waals surface area contributed by atoms with E-state index in [1.165, 1.54) is 30.5 Å². The number of hydrogen-bond acceptors (Lipinski definition) is 3. The number of carbonyl (C=O) groups is 1. The Balaban J connectivity index is 1.44. The van der Waals surface area contributed by atoms with Gasteiger partial charge in [-0.3, -0.25) is 4.79 Å². The zero-order valence-electron chi connectivity index (χ0n) is 15.1. The Bertz CT molecular complexity index is 557. The number of rotatable bonds is 6. The van der Waals surface area contributed by atoms with Gasteiger partial charge in [0.15, 0.2) is 0 Å². The van der Waals surface area contributed by atoms with Crippen molar-refractivity contribution < 1.29 is 9.18 Å². The van der Waals surface area contributed by atoms with Gasteiger partial charge in [-0.1, -0.05) is 19.1 Å². The van der Waals surface area contributed by atoms with E-state index < -0.39 is 0 Å². The highest BCUT2D eigenvalue weighted by atomic mass is 19.1. The summed E-state index contributed by atoms with van der Waals surface area (Å²) in [6.07, 6.45) is 4.41. The van der Waals surface area contributed by atoms with Crippen LogP contribution < -0.4 is 10.6 Å². The lowest BCUT2D eigenvalue weighted by molar-refractivity contribution is -0.123. The molecule has 3 rings (SSSR count). The maximum Gasteiger partial charge on any atom is 0.237 e. The predicted octanol–water partition coefficient (Wildman–Crippen LogP) is 2.51. The number of likely N-dealkylation sites (tertiary alicyclic amines) is 1. The van der Waals surface area contributed by atoms with Crippen molar-refractivity contribution in [2.24, 2.45) is 5.92 Å². The molecule has 2 fully saturated rings. The summed E-state index contributed by atoms with van der Waals surface area (Å²) in [5.74, 6) is 0.895. The second-order valence-corrected chi connectivity index (χ2v) is 7.61. The number of carbonyl (C=O) groups excluding carboxylic acids is 1. The number of nitrogens with one attached hydrogen (secondary N) is 2. The molecular formula is C20H30FN3O. The van der Waals surface area contributed by atoms with Crippen LogP contribution in [-0.2, 0) is 4.79 Å². The molecule has 0 spiro atoms. The Morgan fingerprint density at radius 1 is 1.32 bits per heavy atom. The molecule has 0 radical (unpaired) electrons. The second kappa shape index (κ2) is 8.77. The number of nitrogens with zero attached hydrogens (tertiary/aromatic N) is 1. The monoisotopic (exact) mass is 347 g/mol. The number of halogens is 1. The van der Waals surface area contributed by atoms with Crippen LogP contribution in [-0.4, -0.2) is 49.6 Å². The molecule has 2 heterocycles. The maximum atomic E-state index is 13.1. The van der Waals surface area contributed by atoms with Crippen molar-refractivity contribution in [2.45, 2.75) is 44.6 Å². The summed E-state index contributed by atoms with van der Waals surface area (Å²) in [5, 5.41) is 6.39. The lowest BCUT2D eigenvalue weighted by Gasteiger charge is -2.34. The molecule has 2 saturated heterocycles. The molecule has 0 aliphatic carbocycles. The highest BCUT2D eigenvalue weighted by molar-refractivity contribution is 5.81. The molecule has 2 N–H and O–H groups in total. The molecular weight excluding hydrogens is 317 g/mol. The Morgan fingerprint density at radius 3 is 2.84 bits per heavy atom. The van der Waals surface area contributed by atoms with E-state index in [2.05, 4.69) is 22.5 Å². The minimum Gasteiger partial charge on any atom is -0.354 e. The highest BCUT2D eigenvalue weighted by Crippen LogP contribution is 2.22. The summed E-state index contributed by atoms with van der Waals surface area (Å²) in [5.41, 5.74) is 1.18. The van der Waals surface area contributed by atoms with Gasteiger partial charge in [-0.15, -0.1) is 0 Å². The van der Waals surface area contributed by atoms with Crippen LogP contribution in [0.2, 0.25) is 0 Å². The van der Waals surface area contributed by atoms with Gasteiger partial charge in [-0.25, -0.2) is 4.39 Å². The van der Waals surface area contributed by atoms with Crippen molar-refractivity contribution in [3.8, 4) is 0 Å². The Morgan fingerprint density at radius 2 is 2.12 bits per heavy atom. The molecule has 1 aromatic carbocycles. The van der Waals surface area contributed by atoms with E-state index in [0.29, 0.717) is 11.8 Å². The van der Waals surface area contributed by atoms with Crippen LogP contribution in [0.4, 0.5) is 4.39 Å². The summed E-state index contributed by atoms with van der Waals surface area (Å²) in [6.45, 7) is 7.06. The van der Waals surface area contributed by atoms with E-state index >= 15 is 0 Å². The van der Waals surface area contributed by atoms with Gasteiger partial charge < -0.3 is 15.5 Å². The second-order valence-electron chi connectivity index (χ2n) is 7.61. The fourth-order valence-electron chi connectivity index (χ4n) is 4.04.